The number of methoxy groups -OCH3 is 1. The fraction of sp³-hybridized carbons (Fsp3) is 0.500. The summed E-state index contributed by atoms with van der Waals surface area (Å²) in [5, 5.41) is 9.29. The Hall–Kier alpha value is -2.01. The van der Waals surface area contributed by atoms with E-state index in [4.69, 9.17) is 14.9 Å². The van der Waals surface area contributed by atoms with Crippen LogP contribution in [0.15, 0.2) is 18.2 Å². The zero-order valence-electron chi connectivity index (χ0n) is 13.9. The van der Waals surface area contributed by atoms with Crippen LogP contribution in [0.2, 0.25) is 0 Å². The first kappa shape index (κ1) is 15.9. The number of ether oxygens (including phenoxy) is 2. The first-order valence-corrected chi connectivity index (χ1v) is 8.15. The first-order valence-electron chi connectivity index (χ1n) is 8.15. The van der Waals surface area contributed by atoms with Gasteiger partial charge in [-0.3, -0.25) is 0 Å². The lowest BCUT2D eigenvalue weighted by Crippen LogP contribution is -2.24. The van der Waals surface area contributed by atoms with Gasteiger partial charge in [0.15, 0.2) is 0 Å². The number of hydrogen-bond donors (Lipinski definition) is 1. The highest BCUT2D eigenvalue weighted by Crippen LogP contribution is 2.30. The fourth-order valence-electron chi connectivity index (χ4n) is 2.66. The highest BCUT2D eigenvalue weighted by Gasteiger charge is 2.22. The predicted octanol–water partition coefficient (Wildman–Crippen LogP) is 3.52. The maximum atomic E-state index is 8.42. The molecule has 2 aromatic rings. The molecule has 0 amide bonds. The lowest BCUT2D eigenvalue weighted by Gasteiger charge is -2.16. The van der Waals surface area contributed by atoms with Gasteiger partial charge in [-0.15, -0.1) is 0 Å². The van der Waals surface area contributed by atoms with Gasteiger partial charge in [0, 0.05) is 18.6 Å². The minimum Gasteiger partial charge on any atom is -0.493 e. The van der Waals surface area contributed by atoms with Gasteiger partial charge in [-0.05, 0) is 44.2 Å². The predicted molar refractivity (Wildman–Crippen MR) is 90.4 cm³/mol. The molecule has 0 spiro atoms. The van der Waals surface area contributed by atoms with Crippen molar-refractivity contribution in [3.63, 3.8) is 0 Å². The number of rotatable bonds is 7. The van der Waals surface area contributed by atoms with Crippen molar-refractivity contribution in [3.8, 4) is 5.75 Å². The third-order valence-corrected chi connectivity index (χ3v) is 4.20. The Balaban J connectivity index is 1.95. The second kappa shape index (κ2) is 6.62. The Morgan fingerprint density at radius 1 is 1.35 bits per heavy atom. The molecule has 1 aromatic heterocycles. The van der Waals surface area contributed by atoms with Gasteiger partial charge in [0.2, 0.25) is 0 Å². The molecule has 0 bridgehead atoms. The number of benzene rings is 1. The summed E-state index contributed by atoms with van der Waals surface area (Å²) in [6.45, 7) is 4.63. The van der Waals surface area contributed by atoms with Crippen LogP contribution in [0, 0.1) is 18.3 Å². The standard InChI is InChI=1S/C18H23N3O2/c1-4-16(22-3)17(19)18-14-8-7-13(23-10-12-5-6-12)9-15(14)20-11(2)21-18/h7-9,12,16,19H,4-6,10H2,1-3H3/t16-/m0/s1. The third kappa shape index (κ3) is 3.50. The van der Waals surface area contributed by atoms with Gasteiger partial charge in [-0.1, -0.05) is 6.92 Å². The van der Waals surface area contributed by atoms with Crippen LogP contribution >= 0.6 is 0 Å². The Bertz CT molecular complexity index is 722. The molecule has 122 valence electrons. The van der Waals surface area contributed by atoms with E-state index in [0.29, 0.717) is 23.1 Å². The van der Waals surface area contributed by atoms with Gasteiger partial charge < -0.3 is 14.9 Å². The van der Waals surface area contributed by atoms with Crippen molar-refractivity contribution in [1.29, 1.82) is 5.41 Å². The number of aromatic nitrogens is 2. The van der Waals surface area contributed by atoms with Gasteiger partial charge in [-0.2, -0.15) is 0 Å². The highest BCUT2D eigenvalue weighted by molar-refractivity contribution is 6.09. The van der Waals surface area contributed by atoms with Crippen LogP contribution in [0.1, 0.15) is 37.7 Å². The zero-order valence-corrected chi connectivity index (χ0v) is 13.9. The quantitative estimate of drug-likeness (QED) is 0.794. The molecule has 0 saturated heterocycles. The molecule has 0 aliphatic heterocycles. The Morgan fingerprint density at radius 3 is 2.78 bits per heavy atom. The third-order valence-electron chi connectivity index (χ3n) is 4.20. The summed E-state index contributed by atoms with van der Waals surface area (Å²) in [5.74, 6) is 2.20. The maximum Gasteiger partial charge on any atom is 0.126 e. The maximum absolute atomic E-state index is 8.42. The van der Waals surface area contributed by atoms with E-state index in [9.17, 15) is 0 Å². The molecule has 0 unspecified atom stereocenters. The average molecular weight is 313 g/mol. The van der Waals surface area contributed by atoms with E-state index in [0.717, 1.165) is 29.7 Å². The number of aryl methyl sites for hydroxylation is 1. The van der Waals surface area contributed by atoms with Crippen LogP contribution in [-0.4, -0.2) is 35.5 Å². The van der Waals surface area contributed by atoms with Crippen molar-refractivity contribution in [2.24, 2.45) is 5.92 Å². The molecule has 0 radical (unpaired) electrons. The summed E-state index contributed by atoms with van der Waals surface area (Å²) in [4.78, 5) is 8.98. The minimum atomic E-state index is -0.252. The first-order chi connectivity index (χ1) is 11.1. The van der Waals surface area contributed by atoms with Crippen LogP contribution in [-0.2, 0) is 4.74 Å². The van der Waals surface area contributed by atoms with E-state index < -0.39 is 0 Å². The van der Waals surface area contributed by atoms with Crippen molar-refractivity contribution in [2.45, 2.75) is 39.2 Å². The van der Waals surface area contributed by atoms with E-state index >= 15 is 0 Å². The molecular weight excluding hydrogens is 290 g/mol. The van der Waals surface area contributed by atoms with Gasteiger partial charge in [0.05, 0.1) is 23.5 Å². The molecule has 1 saturated carbocycles. The van der Waals surface area contributed by atoms with Gasteiger partial charge in [-0.25, -0.2) is 9.97 Å². The molecule has 1 aliphatic rings. The summed E-state index contributed by atoms with van der Waals surface area (Å²) in [7, 11) is 1.63. The number of hydrogen-bond acceptors (Lipinski definition) is 5. The molecule has 1 aromatic carbocycles. The van der Waals surface area contributed by atoms with E-state index in [2.05, 4.69) is 9.97 Å². The van der Waals surface area contributed by atoms with Crippen LogP contribution in [0.25, 0.3) is 10.9 Å². The summed E-state index contributed by atoms with van der Waals surface area (Å²) >= 11 is 0. The van der Waals surface area contributed by atoms with Crippen LogP contribution in [0.5, 0.6) is 5.75 Å². The number of fused-ring (bicyclic) bond motifs is 1. The number of nitrogens with zero attached hydrogens (tertiary/aromatic N) is 2. The summed E-state index contributed by atoms with van der Waals surface area (Å²) in [5.41, 5.74) is 1.86. The topological polar surface area (TPSA) is 68.1 Å². The lowest BCUT2D eigenvalue weighted by atomic mass is 10.0. The van der Waals surface area contributed by atoms with Crippen molar-refractivity contribution < 1.29 is 9.47 Å². The number of nitrogens with one attached hydrogen (secondary N) is 1. The SMILES string of the molecule is CC[C@H](OC)C(=N)c1nc(C)nc2cc(OCC3CC3)ccc12. The van der Waals surface area contributed by atoms with E-state index in [-0.39, 0.29) is 6.10 Å². The summed E-state index contributed by atoms with van der Waals surface area (Å²) in [6, 6.07) is 5.83. The van der Waals surface area contributed by atoms with Crippen LogP contribution in [0.3, 0.4) is 0 Å². The van der Waals surface area contributed by atoms with E-state index in [1.165, 1.54) is 12.8 Å². The summed E-state index contributed by atoms with van der Waals surface area (Å²) in [6.07, 6.45) is 3.03. The molecular formula is C18H23N3O2. The van der Waals surface area contributed by atoms with Gasteiger partial charge in [0.1, 0.15) is 17.7 Å². The second-order valence-electron chi connectivity index (χ2n) is 6.10. The van der Waals surface area contributed by atoms with Crippen LogP contribution in [0.4, 0.5) is 0 Å². The van der Waals surface area contributed by atoms with Crippen molar-refractivity contribution >= 4 is 16.6 Å². The molecule has 5 heteroatoms. The highest BCUT2D eigenvalue weighted by atomic mass is 16.5. The average Bonchev–Trinajstić information content (AvgIpc) is 3.37. The largest absolute Gasteiger partial charge is 0.493 e. The Morgan fingerprint density at radius 2 is 2.13 bits per heavy atom. The van der Waals surface area contributed by atoms with E-state index in [1.54, 1.807) is 7.11 Å². The molecule has 3 rings (SSSR count). The second-order valence-corrected chi connectivity index (χ2v) is 6.10. The Labute approximate surface area is 136 Å². The molecule has 1 atom stereocenters. The van der Waals surface area contributed by atoms with Gasteiger partial charge in [0.25, 0.3) is 0 Å². The minimum absolute atomic E-state index is 0.252. The molecule has 5 nitrogen and oxygen atoms in total. The van der Waals surface area contributed by atoms with Gasteiger partial charge >= 0.3 is 0 Å². The fourth-order valence-corrected chi connectivity index (χ4v) is 2.66. The lowest BCUT2D eigenvalue weighted by molar-refractivity contribution is 0.152. The molecule has 1 fully saturated rings. The van der Waals surface area contributed by atoms with Crippen molar-refractivity contribution in [3.05, 3.63) is 29.7 Å². The summed E-state index contributed by atoms with van der Waals surface area (Å²) < 4.78 is 11.2. The Kier molecular flexibility index (Phi) is 4.57. The van der Waals surface area contributed by atoms with E-state index in [1.807, 2.05) is 32.0 Å². The monoisotopic (exact) mass is 313 g/mol. The van der Waals surface area contributed by atoms with Crippen molar-refractivity contribution in [1.82, 2.24) is 9.97 Å². The molecule has 1 N–H and O–H groups in total. The molecule has 23 heavy (non-hydrogen) atoms. The van der Waals surface area contributed by atoms with Crippen LogP contribution < -0.4 is 4.74 Å². The molecule has 1 aliphatic carbocycles. The zero-order chi connectivity index (χ0) is 16.4. The normalized spacial score (nSPS) is 15.6. The van der Waals surface area contributed by atoms with Crippen molar-refractivity contribution in [2.75, 3.05) is 13.7 Å². The molecule has 1 heterocycles. The smallest absolute Gasteiger partial charge is 0.126 e.